The fourth-order valence-corrected chi connectivity index (χ4v) is 2.38. The molecule has 1 aromatic carbocycles. The SMILES string of the molecule is COC(=O)c1ccc(-c2ccc([N+](=O)[O-])cc2)s1. The van der Waals surface area contributed by atoms with Crippen LogP contribution in [0.1, 0.15) is 9.67 Å². The fraction of sp³-hybridized carbons (Fsp3) is 0.0833. The second kappa shape index (κ2) is 4.97. The van der Waals surface area contributed by atoms with E-state index < -0.39 is 4.92 Å². The first-order chi connectivity index (χ1) is 8.61. The lowest BCUT2D eigenvalue weighted by Gasteiger charge is -1.97. The van der Waals surface area contributed by atoms with Gasteiger partial charge in [0.25, 0.3) is 5.69 Å². The molecule has 1 heterocycles. The van der Waals surface area contributed by atoms with E-state index in [1.54, 1.807) is 24.3 Å². The molecule has 2 rings (SSSR count). The van der Waals surface area contributed by atoms with E-state index in [1.807, 2.05) is 0 Å². The molecule has 0 unspecified atom stereocenters. The number of nitrogens with zero attached hydrogens (tertiary/aromatic N) is 1. The molecule has 0 bridgehead atoms. The Labute approximate surface area is 107 Å². The smallest absolute Gasteiger partial charge is 0.348 e. The van der Waals surface area contributed by atoms with E-state index in [9.17, 15) is 14.9 Å². The molecular weight excluding hydrogens is 254 g/mol. The summed E-state index contributed by atoms with van der Waals surface area (Å²) in [6, 6.07) is 9.65. The molecule has 5 nitrogen and oxygen atoms in total. The third kappa shape index (κ3) is 2.38. The summed E-state index contributed by atoms with van der Waals surface area (Å²) in [6.45, 7) is 0. The van der Waals surface area contributed by atoms with Crippen molar-refractivity contribution in [1.29, 1.82) is 0 Å². The highest BCUT2D eigenvalue weighted by Crippen LogP contribution is 2.29. The molecule has 2 aromatic rings. The van der Waals surface area contributed by atoms with Crippen molar-refractivity contribution in [3.8, 4) is 10.4 Å². The predicted molar refractivity (Wildman–Crippen MR) is 67.7 cm³/mol. The van der Waals surface area contributed by atoms with Gasteiger partial charge in [-0.2, -0.15) is 0 Å². The number of carbonyl (C=O) groups excluding carboxylic acids is 1. The normalized spacial score (nSPS) is 10.1. The lowest BCUT2D eigenvalue weighted by atomic mass is 10.2. The maximum atomic E-state index is 11.3. The van der Waals surface area contributed by atoms with Crippen molar-refractivity contribution in [3.05, 3.63) is 51.4 Å². The zero-order valence-corrected chi connectivity index (χ0v) is 10.3. The van der Waals surface area contributed by atoms with Crippen LogP contribution in [0.15, 0.2) is 36.4 Å². The highest BCUT2D eigenvalue weighted by atomic mass is 32.1. The van der Waals surface area contributed by atoms with Crippen molar-refractivity contribution in [2.45, 2.75) is 0 Å². The average molecular weight is 263 g/mol. The van der Waals surface area contributed by atoms with Crippen LogP contribution in [-0.2, 0) is 4.74 Å². The number of thiophene rings is 1. The Bertz CT molecular complexity index is 588. The highest BCUT2D eigenvalue weighted by Gasteiger charge is 2.11. The Kier molecular flexibility index (Phi) is 3.38. The minimum atomic E-state index is -0.446. The van der Waals surface area contributed by atoms with E-state index >= 15 is 0 Å². The van der Waals surface area contributed by atoms with Crippen molar-refractivity contribution in [2.24, 2.45) is 0 Å². The maximum Gasteiger partial charge on any atom is 0.348 e. The van der Waals surface area contributed by atoms with Gasteiger partial charge in [-0.05, 0) is 29.8 Å². The third-order valence-corrected chi connectivity index (χ3v) is 3.47. The van der Waals surface area contributed by atoms with Gasteiger partial charge in [-0.3, -0.25) is 10.1 Å². The molecule has 0 aliphatic carbocycles. The van der Waals surface area contributed by atoms with Crippen LogP contribution in [0.5, 0.6) is 0 Å². The number of hydrogen-bond donors (Lipinski definition) is 0. The number of benzene rings is 1. The zero-order valence-electron chi connectivity index (χ0n) is 9.45. The monoisotopic (exact) mass is 263 g/mol. The molecule has 0 fully saturated rings. The summed E-state index contributed by atoms with van der Waals surface area (Å²) >= 11 is 1.29. The van der Waals surface area contributed by atoms with Crippen molar-refractivity contribution in [3.63, 3.8) is 0 Å². The predicted octanol–water partition coefficient (Wildman–Crippen LogP) is 3.11. The topological polar surface area (TPSA) is 69.4 Å². The van der Waals surface area contributed by atoms with E-state index in [0.29, 0.717) is 4.88 Å². The Morgan fingerprint density at radius 1 is 1.22 bits per heavy atom. The number of hydrogen-bond acceptors (Lipinski definition) is 5. The molecule has 6 heteroatoms. The van der Waals surface area contributed by atoms with Crippen LogP contribution in [0.2, 0.25) is 0 Å². The molecule has 18 heavy (non-hydrogen) atoms. The first-order valence-corrected chi connectivity index (χ1v) is 5.86. The lowest BCUT2D eigenvalue weighted by molar-refractivity contribution is -0.384. The second-order valence-corrected chi connectivity index (χ2v) is 4.54. The molecule has 0 saturated heterocycles. The van der Waals surface area contributed by atoms with Gasteiger partial charge in [-0.15, -0.1) is 11.3 Å². The van der Waals surface area contributed by atoms with Gasteiger partial charge in [0.05, 0.1) is 12.0 Å². The van der Waals surface area contributed by atoms with Gasteiger partial charge in [-0.25, -0.2) is 4.79 Å². The largest absolute Gasteiger partial charge is 0.465 e. The lowest BCUT2D eigenvalue weighted by Crippen LogP contribution is -1.96. The number of nitro benzene ring substituents is 1. The van der Waals surface area contributed by atoms with Gasteiger partial charge in [-0.1, -0.05) is 0 Å². The molecule has 0 saturated carbocycles. The minimum Gasteiger partial charge on any atom is -0.465 e. The summed E-state index contributed by atoms with van der Waals surface area (Å²) in [6.07, 6.45) is 0. The van der Waals surface area contributed by atoms with Gasteiger partial charge in [0.15, 0.2) is 0 Å². The number of ether oxygens (including phenoxy) is 1. The van der Waals surface area contributed by atoms with Crippen molar-refractivity contribution >= 4 is 23.0 Å². The quantitative estimate of drug-likeness (QED) is 0.484. The summed E-state index contributed by atoms with van der Waals surface area (Å²) in [5.74, 6) is -0.381. The van der Waals surface area contributed by atoms with E-state index in [4.69, 9.17) is 0 Å². The van der Waals surface area contributed by atoms with Crippen LogP contribution in [-0.4, -0.2) is 18.0 Å². The molecule has 0 aliphatic heterocycles. The highest BCUT2D eigenvalue weighted by molar-refractivity contribution is 7.17. The Morgan fingerprint density at radius 2 is 1.89 bits per heavy atom. The molecule has 0 N–H and O–H groups in total. The molecule has 0 atom stereocenters. The van der Waals surface area contributed by atoms with Gasteiger partial charge in [0.2, 0.25) is 0 Å². The van der Waals surface area contributed by atoms with Crippen LogP contribution in [0.3, 0.4) is 0 Å². The summed E-state index contributed by atoms with van der Waals surface area (Å²) < 4.78 is 4.62. The van der Waals surface area contributed by atoms with Crippen LogP contribution in [0, 0.1) is 10.1 Å². The van der Waals surface area contributed by atoms with Crippen molar-refractivity contribution in [2.75, 3.05) is 7.11 Å². The third-order valence-electron chi connectivity index (χ3n) is 2.36. The van der Waals surface area contributed by atoms with Crippen LogP contribution < -0.4 is 0 Å². The molecular formula is C12H9NO4S. The standard InChI is InChI=1S/C12H9NO4S/c1-17-12(14)11-7-6-10(18-11)8-2-4-9(5-3-8)13(15)16/h2-7H,1H3. The molecule has 0 spiro atoms. The van der Waals surface area contributed by atoms with Crippen LogP contribution in [0.4, 0.5) is 5.69 Å². The zero-order chi connectivity index (χ0) is 13.1. The average Bonchev–Trinajstić information content (AvgIpc) is 2.87. The van der Waals surface area contributed by atoms with Crippen molar-refractivity contribution < 1.29 is 14.5 Å². The number of rotatable bonds is 3. The summed E-state index contributed by atoms with van der Waals surface area (Å²) in [5.41, 5.74) is 0.879. The van der Waals surface area contributed by atoms with Gasteiger partial charge in [0.1, 0.15) is 4.88 Å². The van der Waals surface area contributed by atoms with E-state index in [2.05, 4.69) is 4.74 Å². The van der Waals surface area contributed by atoms with Crippen LogP contribution >= 0.6 is 11.3 Å². The summed E-state index contributed by atoms with van der Waals surface area (Å²) in [7, 11) is 1.33. The van der Waals surface area contributed by atoms with Crippen molar-refractivity contribution in [1.82, 2.24) is 0 Å². The summed E-state index contributed by atoms with van der Waals surface area (Å²) in [4.78, 5) is 22.8. The Morgan fingerprint density at radius 3 is 2.44 bits per heavy atom. The van der Waals surface area contributed by atoms with Gasteiger partial charge in [0, 0.05) is 17.0 Å². The number of nitro groups is 1. The number of esters is 1. The molecule has 0 amide bonds. The number of carbonyl (C=O) groups is 1. The molecule has 0 aliphatic rings. The van der Waals surface area contributed by atoms with E-state index in [0.717, 1.165) is 10.4 Å². The van der Waals surface area contributed by atoms with Gasteiger partial charge < -0.3 is 4.74 Å². The molecule has 1 aromatic heterocycles. The second-order valence-electron chi connectivity index (χ2n) is 3.46. The van der Waals surface area contributed by atoms with E-state index in [1.165, 1.54) is 30.6 Å². The first-order valence-electron chi connectivity index (χ1n) is 5.05. The summed E-state index contributed by atoms with van der Waals surface area (Å²) in [5, 5.41) is 10.5. The van der Waals surface area contributed by atoms with Gasteiger partial charge >= 0.3 is 5.97 Å². The molecule has 0 radical (unpaired) electrons. The Balaban J connectivity index is 2.29. The Hall–Kier alpha value is -2.21. The maximum absolute atomic E-state index is 11.3. The fourth-order valence-electron chi connectivity index (χ4n) is 1.45. The number of non-ortho nitro benzene ring substituents is 1. The van der Waals surface area contributed by atoms with E-state index in [-0.39, 0.29) is 11.7 Å². The molecule has 92 valence electrons. The number of methoxy groups -OCH3 is 1. The minimum absolute atomic E-state index is 0.0449. The van der Waals surface area contributed by atoms with Crippen LogP contribution in [0.25, 0.3) is 10.4 Å². The first kappa shape index (κ1) is 12.3.